The van der Waals surface area contributed by atoms with E-state index < -0.39 is 0 Å². The smallest absolute Gasteiger partial charge is 0.290 e. The van der Waals surface area contributed by atoms with Gasteiger partial charge in [-0.15, -0.1) is 0 Å². The summed E-state index contributed by atoms with van der Waals surface area (Å²) in [6.45, 7) is 6.11. The molecule has 0 saturated carbocycles. The number of aliphatic hydroxyl groups excluding tert-OH is 1. The van der Waals surface area contributed by atoms with E-state index in [0.717, 1.165) is 55.1 Å². The van der Waals surface area contributed by atoms with Crippen molar-refractivity contribution in [2.24, 2.45) is 5.92 Å². The lowest BCUT2D eigenvalue weighted by atomic mass is 10.0. The molecule has 8 nitrogen and oxygen atoms in total. The van der Waals surface area contributed by atoms with Crippen molar-refractivity contribution in [2.45, 2.75) is 52.2 Å². The fraction of sp³-hybridized carbons (Fsp3) is 0.611. The fourth-order valence-electron chi connectivity index (χ4n) is 3.35. The van der Waals surface area contributed by atoms with E-state index in [9.17, 15) is 5.11 Å². The molecule has 2 aromatic rings. The summed E-state index contributed by atoms with van der Waals surface area (Å²) in [6.07, 6.45) is 3.64. The summed E-state index contributed by atoms with van der Waals surface area (Å²) in [7, 11) is 0. The molecule has 3 heterocycles. The third kappa shape index (κ3) is 6.34. The number of nitrogens with zero attached hydrogens (tertiary/aromatic N) is 3. The predicted molar refractivity (Wildman–Crippen MR) is 103 cm³/mol. The summed E-state index contributed by atoms with van der Waals surface area (Å²) >= 11 is 6.26. The molecule has 27 heavy (non-hydrogen) atoms. The largest absolute Gasteiger partial charge is 0.483 e. The van der Waals surface area contributed by atoms with E-state index in [-0.39, 0.29) is 18.5 Å². The first-order valence-corrected chi connectivity index (χ1v) is 9.57. The number of hydrogen-bond donors (Lipinski definition) is 4. The number of aromatic nitrogens is 4. The molecule has 1 aliphatic heterocycles. The Bertz CT molecular complexity index is 718. The average molecular weight is 398 g/mol. The SMILES string of the molecule is CCCCc1nc(Cl)c(CN2C[C@@H](Cc3cc(C)[nH]n3)[C@H](O)C2)[nH]1.O=CO. The number of imidazole rings is 1. The van der Waals surface area contributed by atoms with Gasteiger partial charge in [-0.1, -0.05) is 24.9 Å². The number of aromatic amines is 2. The molecule has 0 spiro atoms. The van der Waals surface area contributed by atoms with Crippen LogP contribution >= 0.6 is 11.6 Å². The van der Waals surface area contributed by atoms with Crippen molar-refractivity contribution in [3.05, 3.63) is 34.1 Å². The van der Waals surface area contributed by atoms with Crippen molar-refractivity contribution >= 4 is 18.1 Å². The Hall–Kier alpha value is -1.90. The van der Waals surface area contributed by atoms with E-state index in [0.29, 0.717) is 18.2 Å². The highest BCUT2D eigenvalue weighted by Gasteiger charge is 2.32. The van der Waals surface area contributed by atoms with Crippen LogP contribution in [0.1, 0.15) is 42.7 Å². The second-order valence-electron chi connectivity index (χ2n) is 6.93. The summed E-state index contributed by atoms with van der Waals surface area (Å²) in [4.78, 5) is 18.3. The van der Waals surface area contributed by atoms with Crippen LogP contribution in [0.5, 0.6) is 0 Å². The van der Waals surface area contributed by atoms with Crippen LogP contribution in [0.4, 0.5) is 0 Å². The maximum Gasteiger partial charge on any atom is 0.290 e. The standard InChI is InChI=1S/C17H26ClN5O.CH2O2/c1-3-4-5-16-19-14(17(18)20-16)9-23-8-12(15(24)10-23)7-13-6-11(2)21-22-13;2-1-3/h6,12,15,24H,3-5,7-10H2,1-2H3,(H,19,20)(H,21,22);1H,(H,2,3)/t12-,15-;/m1./s1. The van der Waals surface area contributed by atoms with Crippen molar-refractivity contribution in [2.75, 3.05) is 13.1 Å². The molecule has 4 N–H and O–H groups in total. The van der Waals surface area contributed by atoms with Gasteiger partial charge in [0.2, 0.25) is 0 Å². The highest BCUT2D eigenvalue weighted by Crippen LogP contribution is 2.24. The zero-order valence-electron chi connectivity index (χ0n) is 15.8. The van der Waals surface area contributed by atoms with Gasteiger partial charge in [-0.25, -0.2) is 4.98 Å². The number of likely N-dealkylation sites (tertiary alicyclic amines) is 1. The summed E-state index contributed by atoms with van der Waals surface area (Å²) in [5.74, 6) is 1.16. The lowest BCUT2D eigenvalue weighted by Crippen LogP contribution is -2.21. The number of hydrogen-bond acceptors (Lipinski definition) is 5. The van der Waals surface area contributed by atoms with Crippen LogP contribution in [0.3, 0.4) is 0 Å². The molecule has 150 valence electrons. The molecule has 1 aliphatic rings. The van der Waals surface area contributed by atoms with Crippen molar-refractivity contribution in [1.29, 1.82) is 0 Å². The number of β-amino-alcohol motifs (C(OH)–C–C–N with tert-alkyl or cyclic N) is 1. The highest BCUT2D eigenvalue weighted by molar-refractivity contribution is 6.30. The van der Waals surface area contributed by atoms with E-state index in [1.54, 1.807) is 0 Å². The molecule has 2 atom stereocenters. The Morgan fingerprint density at radius 1 is 1.44 bits per heavy atom. The molecule has 9 heteroatoms. The van der Waals surface area contributed by atoms with Crippen LogP contribution in [0.25, 0.3) is 0 Å². The van der Waals surface area contributed by atoms with E-state index in [1.165, 1.54) is 0 Å². The molecular weight excluding hydrogens is 370 g/mol. The van der Waals surface area contributed by atoms with Gasteiger partial charge in [-0.2, -0.15) is 5.10 Å². The monoisotopic (exact) mass is 397 g/mol. The van der Waals surface area contributed by atoms with Gasteiger partial charge in [0.1, 0.15) is 5.82 Å². The van der Waals surface area contributed by atoms with Gasteiger partial charge in [0.05, 0.1) is 17.5 Å². The number of unbranched alkanes of at least 4 members (excludes halogenated alkanes) is 1. The number of carbonyl (C=O) groups is 1. The van der Waals surface area contributed by atoms with Gasteiger partial charge < -0.3 is 15.2 Å². The molecule has 1 fully saturated rings. The number of halogens is 1. The maximum atomic E-state index is 10.4. The Kier molecular flexibility index (Phi) is 8.27. The van der Waals surface area contributed by atoms with Crippen molar-refractivity contribution in [3.8, 4) is 0 Å². The number of H-pyrrole nitrogens is 2. The molecule has 0 bridgehead atoms. The average Bonchev–Trinajstić information content (AvgIpc) is 3.28. The lowest BCUT2D eigenvalue weighted by molar-refractivity contribution is -0.122. The first-order chi connectivity index (χ1) is 13.0. The number of carboxylic acid groups (broad SMARTS) is 1. The maximum absolute atomic E-state index is 10.4. The van der Waals surface area contributed by atoms with Gasteiger partial charge in [0.25, 0.3) is 6.47 Å². The second kappa shape index (κ2) is 10.4. The van der Waals surface area contributed by atoms with E-state index in [2.05, 4.69) is 32.0 Å². The number of aliphatic hydroxyl groups is 1. The minimum atomic E-state index is -0.330. The van der Waals surface area contributed by atoms with Gasteiger partial charge >= 0.3 is 0 Å². The first kappa shape index (κ1) is 21.4. The zero-order valence-corrected chi connectivity index (χ0v) is 16.5. The molecule has 2 aromatic heterocycles. The summed E-state index contributed by atoms with van der Waals surface area (Å²) in [5, 5.41) is 25.0. The molecule has 0 amide bonds. The number of aryl methyl sites for hydroxylation is 2. The molecule has 1 saturated heterocycles. The van der Waals surface area contributed by atoms with Gasteiger partial charge in [-0.05, 0) is 25.8 Å². The van der Waals surface area contributed by atoms with Crippen molar-refractivity contribution in [1.82, 2.24) is 25.1 Å². The third-order valence-corrected chi connectivity index (χ3v) is 4.95. The first-order valence-electron chi connectivity index (χ1n) is 9.19. The molecule has 0 unspecified atom stereocenters. The fourth-order valence-corrected chi connectivity index (χ4v) is 3.56. The topological polar surface area (TPSA) is 118 Å². The normalized spacial score (nSPS) is 19.7. The minimum Gasteiger partial charge on any atom is -0.483 e. The van der Waals surface area contributed by atoms with Gasteiger partial charge in [0, 0.05) is 37.7 Å². The molecule has 0 aromatic carbocycles. The van der Waals surface area contributed by atoms with Crippen LogP contribution in [0.15, 0.2) is 6.07 Å². The van der Waals surface area contributed by atoms with Gasteiger partial charge in [-0.3, -0.25) is 14.8 Å². The van der Waals surface area contributed by atoms with Crippen LogP contribution < -0.4 is 0 Å². The summed E-state index contributed by atoms with van der Waals surface area (Å²) in [5.41, 5.74) is 3.02. The third-order valence-electron chi connectivity index (χ3n) is 4.64. The Morgan fingerprint density at radius 2 is 2.19 bits per heavy atom. The molecule has 0 radical (unpaired) electrons. The van der Waals surface area contributed by atoms with Crippen molar-refractivity contribution in [3.63, 3.8) is 0 Å². The minimum absolute atomic E-state index is 0.203. The Balaban J connectivity index is 0.000000817. The summed E-state index contributed by atoms with van der Waals surface area (Å²) in [6, 6.07) is 2.04. The van der Waals surface area contributed by atoms with Crippen LogP contribution in [-0.4, -0.2) is 60.9 Å². The quantitative estimate of drug-likeness (QED) is 0.532. The predicted octanol–water partition coefficient (Wildman–Crippen LogP) is 2.17. The van der Waals surface area contributed by atoms with Gasteiger partial charge in [0.15, 0.2) is 5.15 Å². The zero-order chi connectivity index (χ0) is 19.8. The van der Waals surface area contributed by atoms with Crippen LogP contribution in [0.2, 0.25) is 5.15 Å². The molecule has 0 aliphatic carbocycles. The number of rotatable bonds is 7. The Morgan fingerprint density at radius 3 is 2.81 bits per heavy atom. The number of nitrogens with one attached hydrogen (secondary N) is 2. The second-order valence-corrected chi connectivity index (χ2v) is 7.29. The Labute approximate surface area is 164 Å². The lowest BCUT2D eigenvalue weighted by Gasteiger charge is -2.14. The van der Waals surface area contributed by atoms with E-state index in [4.69, 9.17) is 21.5 Å². The van der Waals surface area contributed by atoms with Crippen LogP contribution in [0, 0.1) is 12.8 Å². The highest BCUT2D eigenvalue weighted by atomic mass is 35.5. The summed E-state index contributed by atoms with van der Waals surface area (Å²) < 4.78 is 0. The van der Waals surface area contributed by atoms with Crippen LogP contribution in [-0.2, 0) is 24.2 Å². The molecule has 3 rings (SSSR count). The van der Waals surface area contributed by atoms with E-state index >= 15 is 0 Å². The van der Waals surface area contributed by atoms with Crippen molar-refractivity contribution < 1.29 is 15.0 Å². The molecular formula is C18H28ClN5O3. The van der Waals surface area contributed by atoms with E-state index in [1.807, 2.05) is 13.0 Å².